The van der Waals surface area contributed by atoms with Gasteiger partial charge in [-0.05, 0) is 41.2 Å². The number of hydrogen-bond donors (Lipinski definition) is 2. The quantitative estimate of drug-likeness (QED) is 0.855. The van der Waals surface area contributed by atoms with Crippen LogP contribution in [0.4, 0.5) is 0 Å². The number of hydrogen-bond acceptors (Lipinski definition) is 3. The van der Waals surface area contributed by atoms with Crippen LogP contribution >= 0.6 is 11.8 Å². The first kappa shape index (κ1) is 13.4. The predicted octanol–water partition coefficient (Wildman–Crippen LogP) is 2.02. The van der Waals surface area contributed by atoms with Crippen LogP contribution in [-0.4, -0.2) is 24.5 Å². The minimum absolute atomic E-state index is 0.0395. The molecule has 1 atom stereocenters. The Morgan fingerprint density at radius 1 is 1.44 bits per heavy atom. The first-order valence-corrected chi connectivity index (χ1v) is 7.69. The second-order valence-electron chi connectivity index (χ2n) is 4.86. The molecule has 0 radical (unpaired) electrons. The van der Waals surface area contributed by atoms with Crippen LogP contribution < -0.4 is 10.6 Å². The van der Waals surface area contributed by atoms with Crippen molar-refractivity contribution in [1.82, 2.24) is 10.6 Å². The van der Waals surface area contributed by atoms with Crippen molar-refractivity contribution >= 4 is 17.7 Å². The number of thioether (sulfide) groups is 1. The zero-order valence-corrected chi connectivity index (χ0v) is 11.8. The van der Waals surface area contributed by atoms with Gasteiger partial charge in [0, 0.05) is 25.2 Å². The van der Waals surface area contributed by atoms with Gasteiger partial charge in [0.2, 0.25) is 0 Å². The Hall–Kier alpha value is -1.00. The largest absolute Gasteiger partial charge is 0.352 e. The number of rotatable bonds is 5. The summed E-state index contributed by atoms with van der Waals surface area (Å²) in [5.74, 6) is 1.63. The topological polar surface area (TPSA) is 41.1 Å². The standard InChI is InChI=1S/C14H20N2OS/c1-10(9-18-2)6-16-14(17)11-3-4-12-7-15-8-13(12)5-11/h3-5,10,15H,6-9H2,1-2H3,(H,16,17). The summed E-state index contributed by atoms with van der Waals surface area (Å²) < 4.78 is 0. The molecule has 1 amide bonds. The summed E-state index contributed by atoms with van der Waals surface area (Å²) in [5.41, 5.74) is 3.33. The van der Waals surface area contributed by atoms with Crippen LogP contribution in [0.1, 0.15) is 28.4 Å². The fourth-order valence-electron chi connectivity index (χ4n) is 2.15. The monoisotopic (exact) mass is 264 g/mol. The minimum atomic E-state index is 0.0395. The van der Waals surface area contributed by atoms with Crippen molar-refractivity contribution in [2.75, 3.05) is 18.6 Å². The molecule has 0 aromatic heterocycles. The van der Waals surface area contributed by atoms with Gasteiger partial charge in [0.15, 0.2) is 0 Å². The van der Waals surface area contributed by atoms with Crippen molar-refractivity contribution in [3.8, 4) is 0 Å². The number of carbonyl (C=O) groups is 1. The van der Waals surface area contributed by atoms with Crippen molar-refractivity contribution in [3.63, 3.8) is 0 Å². The second kappa shape index (κ2) is 6.25. The zero-order chi connectivity index (χ0) is 13.0. The van der Waals surface area contributed by atoms with Gasteiger partial charge in [-0.25, -0.2) is 0 Å². The van der Waals surface area contributed by atoms with Crippen molar-refractivity contribution < 1.29 is 4.79 Å². The van der Waals surface area contributed by atoms with Gasteiger partial charge in [-0.1, -0.05) is 13.0 Å². The third kappa shape index (κ3) is 3.27. The molecule has 1 aliphatic rings. The van der Waals surface area contributed by atoms with Crippen molar-refractivity contribution in [1.29, 1.82) is 0 Å². The van der Waals surface area contributed by atoms with Gasteiger partial charge in [-0.3, -0.25) is 4.79 Å². The Kier molecular flexibility index (Phi) is 4.66. The normalized spacial score (nSPS) is 15.2. The van der Waals surface area contributed by atoms with E-state index in [1.807, 2.05) is 23.9 Å². The third-order valence-corrected chi connectivity index (χ3v) is 4.06. The Balaban J connectivity index is 1.93. The molecule has 4 heteroatoms. The maximum absolute atomic E-state index is 12.0. The molecule has 2 rings (SSSR count). The SMILES string of the molecule is CSCC(C)CNC(=O)c1ccc2c(c1)CNC2. The average Bonchev–Trinajstić information content (AvgIpc) is 2.83. The summed E-state index contributed by atoms with van der Waals surface area (Å²) in [6.45, 7) is 4.69. The molecule has 0 bridgehead atoms. The molecule has 0 aliphatic carbocycles. The Labute approximate surface area is 113 Å². The molecule has 1 aromatic rings. The number of benzene rings is 1. The Bertz CT molecular complexity index is 434. The zero-order valence-electron chi connectivity index (χ0n) is 11.0. The van der Waals surface area contributed by atoms with E-state index < -0.39 is 0 Å². The molecule has 0 saturated heterocycles. The first-order valence-electron chi connectivity index (χ1n) is 6.30. The molecule has 0 spiro atoms. The average molecular weight is 264 g/mol. The van der Waals surface area contributed by atoms with Gasteiger partial charge in [0.25, 0.3) is 5.91 Å². The van der Waals surface area contributed by atoms with Gasteiger partial charge in [0.05, 0.1) is 0 Å². The van der Waals surface area contributed by atoms with Crippen LogP contribution in [0, 0.1) is 5.92 Å². The summed E-state index contributed by atoms with van der Waals surface area (Å²) in [7, 11) is 0. The Morgan fingerprint density at radius 3 is 3.00 bits per heavy atom. The maximum atomic E-state index is 12.0. The molecule has 0 saturated carbocycles. The van der Waals surface area contributed by atoms with Gasteiger partial charge in [-0.2, -0.15) is 11.8 Å². The second-order valence-corrected chi connectivity index (χ2v) is 5.77. The lowest BCUT2D eigenvalue weighted by molar-refractivity contribution is 0.0949. The van der Waals surface area contributed by atoms with Gasteiger partial charge in [-0.15, -0.1) is 0 Å². The summed E-state index contributed by atoms with van der Waals surface area (Å²) in [5, 5.41) is 6.29. The van der Waals surface area contributed by atoms with E-state index in [1.165, 1.54) is 11.1 Å². The van der Waals surface area contributed by atoms with E-state index in [0.717, 1.165) is 31.0 Å². The number of nitrogens with one attached hydrogen (secondary N) is 2. The number of fused-ring (bicyclic) bond motifs is 1. The fraction of sp³-hybridized carbons (Fsp3) is 0.500. The summed E-state index contributed by atoms with van der Waals surface area (Å²) in [6.07, 6.45) is 2.09. The van der Waals surface area contributed by atoms with Crippen molar-refractivity contribution in [2.45, 2.75) is 20.0 Å². The minimum Gasteiger partial charge on any atom is -0.352 e. The lowest BCUT2D eigenvalue weighted by Crippen LogP contribution is -2.29. The van der Waals surface area contributed by atoms with Gasteiger partial charge < -0.3 is 10.6 Å². The lowest BCUT2D eigenvalue weighted by Gasteiger charge is -2.11. The molecule has 1 aliphatic heterocycles. The van der Waals surface area contributed by atoms with E-state index in [4.69, 9.17) is 0 Å². The van der Waals surface area contributed by atoms with E-state index in [2.05, 4.69) is 29.9 Å². The van der Waals surface area contributed by atoms with Crippen molar-refractivity contribution in [2.24, 2.45) is 5.92 Å². The first-order chi connectivity index (χ1) is 8.70. The van der Waals surface area contributed by atoms with E-state index in [1.54, 1.807) is 0 Å². The predicted molar refractivity (Wildman–Crippen MR) is 76.9 cm³/mol. The van der Waals surface area contributed by atoms with Crippen LogP contribution in [0.15, 0.2) is 18.2 Å². The summed E-state index contributed by atoms with van der Waals surface area (Å²) in [6, 6.07) is 5.97. The lowest BCUT2D eigenvalue weighted by atomic mass is 10.1. The molecule has 1 unspecified atom stereocenters. The van der Waals surface area contributed by atoms with E-state index >= 15 is 0 Å². The molecule has 1 heterocycles. The highest BCUT2D eigenvalue weighted by molar-refractivity contribution is 7.98. The van der Waals surface area contributed by atoms with Gasteiger partial charge in [0.1, 0.15) is 0 Å². The molecular formula is C14H20N2OS. The number of amides is 1. The summed E-state index contributed by atoms with van der Waals surface area (Å²) in [4.78, 5) is 12.0. The highest BCUT2D eigenvalue weighted by Gasteiger charge is 2.13. The van der Waals surface area contributed by atoms with Crippen LogP contribution in [0.3, 0.4) is 0 Å². The third-order valence-electron chi connectivity index (χ3n) is 3.16. The van der Waals surface area contributed by atoms with E-state index in [0.29, 0.717) is 5.92 Å². The van der Waals surface area contributed by atoms with E-state index in [-0.39, 0.29) is 5.91 Å². The summed E-state index contributed by atoms with van der Waals surface area (Å²) >= 11 is 1.81. The van der Waals surface area contributed by atoms with Crippen LogP contribution in [0.2, 0.25) is 0 Å². The van der Waals surface area contributed by atoms with Crippen LogP contribution in [0.25, 0.3) is 0 Å². The molecule has 98 valence electrons. The van der Waals surface area contributed by atoms with Crippen LogP contribution in [-0.2, 0) is 13.1 Å². The maximum Gasteiger partial charge on any atom is 0.251 e. The molecular weight excluding hydrogens is 244 g/mol. The van der Waals surface area contributed by atoms with Crippen LogP contribution in [0.5, 0.6) is 0 Å². The molecule has 0 fully saturated rings. The highest BCUT2D eigenvalue weighted by atomic mass is 32.2. The molecule has 1 aromatic carbocycles. The molecule has 3 nitrogen and oxygen atoms in total. The number of carbonyl (C=O) groups excluding carboxylic acids is 1. The molecule has 18 heavy (non-hydrogen) atoms. The van der Waals surface area contributed by atoms with Gasteiger partial charge >= 0.3 is 0 Å². The Morgan fingerprint density at radius 2 is 2.22 bits per heavy atom. The highest BCUT2D eigenvalue weighted by Crippen LogP contribution is 2.17. The smallest absolute Gasteiger partial charge is 0.251 e. The van der Waals surface area contributed by atoms with Crippen molar-refractivity contribution in [3.05, 3.63) is 34.9 Å². The van der Waals surface area contributed by atoms with E-state index in [9.17, 15) is 4.79 Å². The molecule has 2 N–H and O–H groups in total. The fourth-order valence-corrected chi connectivity index (χ4v) is 2.84.